The molecular weight excluding hydrogens is 461 g/mol. The number of furan rings is 1. The van der Waals surface area contributed by atoms with Crippen molar-refractivity contribution in [2.45, 2.75) is 44.6 Å². The third-order valence-electron chi connectivity index (χ3n) is 6.65. The van der Waals surface area contributed by atoms with Gasteiger partial charge in [0.2, 0.25) is 17.6 Å². The number of pyridine rings is 2. The molecule has 2 amide bonds. The lowest BCUT2D eigenvalue weighted by molar-refractivity contribution is -0.121. The number of carbonyl (C=O) groups excluding carboxylic acids is 2. The van der Waals surface area contributed by atoms with E-state index in [4.69, 9.17) is 16.0 Å². The number of hydrogen-bond acceptors (Lipinski definition) is 6. The highest BCUT2D eigenvalue weighted by atomic mass is 35.5. The van der Waals surface area contributed by atoms with Crippen LogP contribution in [0, 0.1) is 11.9 Å². The highest BCUT2D eigenvalue weighted by Crippen LogP contribution is 2.34. The molecule has 0 bridgehead atoms. The van der Waals surface area contributed by atoms with Gasteiger partial charge >= 0.3 is 0 Å². The molecule has 10 heteroatoms. The number of aromatic nitrogens is 2. The van der Waals surface area contributed by atoms with Crippen LogP contribution in [-0.4, -0.2) is 45.8 Å². The Kier molecular flexibility index (Phi) is 6.47. The number of amides is 2. The van der Waals surface area contributed by atoms with E-state index < -0.39 is 11.9 Å². The topological polar surface area (TPSA) is 100 Å². The van der Waals surface area contributed by atoms with Crippen molar-refractivity contribution in [3.63, 3.8) is 0 Å². The molecule has 3 aromatic rings. The predicted molar refractivity (Wildman–Crippen MR) is 126 cm³/mol. The number of anilines is 2. The number of fused-ring (bicyclic) bond motifs is 1. The summed E-state index contributed by atoms with van der Waals surface area (Å²) < 4.78 is 19.6. The second kappa shape index (κ2) is 9.68. The van der Waals surface area contributed by atoms with Gasteiger partial charge in [0.25, 0.3) is 5.91 Å². The molecule has 34 heavy (non-hydrogen) atoms. The first kappa shape index (κ1) is 22.7. The molecule has 1 aliphatic heterocycles. The maximum Gasteiger partial charge on any atom is 0.294 e. The normalized spacial score (nSPS) is 21.0. The van der Waals surface area contributed by atoms with Crippen LogP contribution in [0.3, 0.4) is 0 Å². The van der Waals surface area contributed by atoms with Gasteiger partial charge in [-0.2, -0.15) is 4.39 Å². The third-order valence-corrected chi connectivity index (χ3v) is 6.87. The van der Waals surface area contributed by atoms with Gasteiger partial charge in [-0.15, -0.1) is 0 Å². The van der Waals surface area contributed by atoms with Crippen LogP contribution in [0.5, 0.6) is 0 Å². The summed E-state index contributed by atoms with van der Waals surface area (Å²) in [5.41, 5.74) is 0.351. The molecule has 178 valence electrons. The largest absolute Gasteiger partial charge is 0.447 e. The zero-order chi connectivity index (χ0) is 23.7. The third kappa shape index (κ3) is 4.76. The Bertz CT molecular complexity index is 1200. The van der Waals surface area contributed by atoms with E-state index in [2.05, 4.69) is 25.5 Å². The molecule has 2 aliphatic rings. The van der Waals surface area contributed by atoms with Gasteiger partial charge in [-0.25, -0.2) is 9.97 Å². The zero-order valence-electron chi connectivity index (χ0n) is 18.5. The van der Waals surface area contributed by atoms with E-state index in [1.807, 2.05) is 0 Å². The molecule has 0 aromatic carbocycles. The molecule has 1 aliphatic carbocycles. The molecule has 1 saturated carbocycles. The number of carbonyl (C=O) groups is 2. The Labute approximate surface area is 200 Å². The van der Waals surface area contributed by atoms with Crippen LogP contribution in [0.15, 0.2) is 34.9 Å². The minimum Gasteiger partial charge on any atom is -0.447 e. The van der Waals surface area contributed by atoms with E-state index in [-0.39, 0.29) is 40.2 Å². The van der Waals surface area contributed by atoms with E-state index in [9.17, 15) is 14.0 Å². The molecule has 0 radical (unpaired) electrons. The summed E-state index contributed by atoms with van der Waals surface area (Å²) in [4.78, 5) is 36.5. The smallest absolute Gasteiger partial charge is 0.294 e. The van der Waals surface area contributed by atoms with Crippen LogP contribution in [0.2, 0.25) is 5.02 Å². The van der Waals surface area contributed by atoms with E-state index >= 15 is 0 Å². The van der Waals surface area contributed by atoms with E-state index in [0.29, 0.717) is 11.1 Å². The monoisotopic (exact) mass is 485 g/mol. The number of nitrogens with one attached hydrogen (secondary N) is 2. The number of rotatable bonds is 5. The zero-order valence-corrected chi connectivity index (χ0v) is 19.3. The molecular formula is C24H25ClFN5O3. The average molecular weight is 486 g/mol. The molecule has 4 heterocycles. The average Bonchev–Trinajstić information content (AvgIpc) is 3.49. The van der Waals surface area contributed by atoms with Crippen molar-refractivity contribution in [3.05, 3.63) is 47.2 Å². The molecule has 0 atom stereocenters. The Morgan fingerprint density at radius 1 is 1.06 bits per heavy atom. The Hall–Kier alpha value is -3.04. The summed E-state index contributed by atoms with van der Waals surface area (Å²) >= 11 is 5.85. The minimum absolute atomic E-state index is 0.0626. The van der Waals surface area contributed by atoms with Crippen LogP contribution in [-0.2, 0) is 4.79 Å². The van der Waals surface area contributed by atoms with Crippen LogP contribution in [0.4, 0.5) is 15.9 Å². The highest BCUT2D eigenvalue weighted by Gasteiger charge is 2.32. The number of halogens is 2. The molecule has 2 N–H and O–H groups in total. The molecule has 3 aromatic heterocycles. The fraction of sp³-hybridized carbons (Fsp3) is 0.417. The lowest BCUT2D eigenvalue weighted by Crippen LogP contribution is -2.38. The summed E-state index contributed by atoms with van der Waals surface area (Å²) in [6, 6.07) is 6.18. The van der Waals surface area contributed by atoms with Crippen molar-refractivity contribution in [3.8, 4) is 0 Å². The van der Waals surface area contributed by atoms with Crippen molar-refractivity contribution in [1.82, 2.24) is 14.9 Å². The fourth-order valence-corrected chi connectivity index (χ4v) is 5.00. The Morgan fingerprint density at radius 2 is 1.82 bits per heavy atom. The summed E-state index contributed by atoms with van der Waals surface area (Å²) in [6.07, 6.45) is 7.34. The van der Waals surface area contributed by atoms with Crippen molar-refractivity contribution in [1.29, 1.82) is 0 Å². The molecule has 0 spiro atoms. The first-order valence-electron chi connectivity index (χ1n) is 11.5. The minimum atomic E-state index is -0.735. The second-order valence-electron chi connectivity index (χ2n) is 8.84. The maximum absolute atomic E-state index is 13.9. The van der Waals surface area contributed by atoms with Crippen LogP contribution in [0.25, 0.3) is 11.1 Å². The van der Waals surface area contributed by atoms with Crippen molar-refractivity contribution in [2.24, 2.45) is 5.92 Å². The molecule has 8 nitrogen and oxygen atoms in total. The van der Waals surface area contributed by atoms with Gasteiger partial charge in [-0.05, 0) is 75.9 Å². The van der Waals surface area contributed by atoms with Gasteiger partial charge in [0.1, 0.15) is 17.0 Å². The second-order valence-corrected chi connectivity index (χ2v) is 9.28. The van der Waals surface area contributed by atoms with Crippen molar-refractivity contribution >= 4 is 46.0 Å². The number of likely N-dealkylation sites (tertiary alicyclic amines) is 1. The lowest BCUT2D eigenvalue weighted by Gasteiger charge is -2.33. The standard InChI is InChI=1S/C24H25ClFN5O3/c25-15-5-10-19(27-13-15)29-24(33)22-21(20-17(34-22)8-9-18(26)28-20)30-23(32)14-3-6-16(7-4-14)31-11-1-2-12-31/h5,8-10,13-14,16H,1-4,6-7,11-12H2,(H,30,32)(H,27,29,33). The SMILES string of the molecule is O=C(Nc1ccc(Cl)cn1)c1oc2ccc(F)nc2c1NC(=O)C1CCC(N2CCCC2)CC1. The quantitative estimate of drug-likeness (QED) is 0.500. The van der Waals surface area contributed by atoms with E-state index in [0.717, 1.165) is 44.8 Å². The van der Waals surface area contributed by atoms with Crippen LogP contribution < -0.4 is 10.6 Å². The summed E-state index contributed by atoms with van der Waals surface area (Å²) in [7, 11) is 0. The molecule has 0 unspecified atom stereocenters. The lowest BCUT2D eigenvalue weighted by atomic mass is 9.85. The van der Waals surface area contributed by atoms with Crippen LogP contribution in [0.1, 0.15) is 49.1 Å². The first-order valence-corrected chi connectivity index (χ1v) is 11.9. The summed E-state index contributed by atoms with van der Waals surface area (Å²) in [5.74, 6) is -1.68. The fourth-order valence-electron chi connectivity index (χ4n) is 4.89. The summed E-state index contributed by atoms with van der Waals surface area (Å²) in [6.45, 7) is 2.28. The Balaban J connectivity index is 1.35. The predicted octanol–water partition coefficient (Wildman–Crippen LogP) is 4.86. The molecule has 5 rings (SSSR count). The molecule has 2 fully saturated rings. The first-order chi connectivity index (χ1) is 16.5. The highest BCUT2D eigenvalue weighted by molar-refractivity contribution is 6.30. The van der Waals surface area contributed by atoms with E-state index in [1.54, 1.807) is 6.07 Å². The van der Waals surface area contributed by atoms with E-state index in [1.165, 1.54) is 31.2 Å². The van der Waals surface area contributed by atoms with Crippen molar-refractivity contribution in [2.75, 3.05) is 23.7 Å². The maximum atomic E-state index is 13.9. The Morgan fingerprint density at radius 3 is 2.53 bits per heavy atom. The summed E-state index contributed by atoms with van der Waals surface area (Å²) in [5, 5.41) is 5.85. The van der Waals surface area contributed by atoms with Gasteiger partial charge in [0.15, 0.2) is 5.58 Å². The van der Waals surface area contributed by atoms with Gasteiger partial charge in [-0.3, -0.25) is 9.59 Å². The van der Waals surface area contributed by atoms with Crippen molar-refractivity contribution < 1.29 is 18.4 Å². The van der Waals surface area contributed by atoms with Gasteiger partial charge in [0.05, 0.1) is 5.02 Å². The van der Waals surface area contributed by atoms with Gasteiger partial charge < -0.3 is 20.0 Å². The molecule has 1 saturated heterocycles. The number of nitrogens with zero attached hydrogens (tertiary/aromatic N) is 3. The van der Waals surface area contributed by atoms with Gasteiger partial charge in [0, 0.05) is 18.2 Å². The number of hydrogen-bond donors (Lipinski definition) is 2. The van der Waals surface area contributed by atoms with Gasteiger partial charge in [-0.1, -0.05) is 11.6 Å². The van der Waals surface area contributed by atoms with Crippen LogP contribution >= 0.6 is 11.6 Å².